The Balaban J connectivity index is 0.00000288. The topological polar surface area (TPSA) is 121 Å². The van der Waals surface area contributed by atoms with Gasteiger partial charge >= 0.3 is 35.5 Å². The average molecular weight is 367 g/mol. The number of carbonyl (C=O) groups excluding carboxylic acids is 3. The minimum Gasteiger partial charge on any atom is -0.548 e. The minimum absolute atomic E-state index is 0. The molecule has 24 heavy (non-hydrogen) atoms. The maximum absolute atomic E-state index is 12.5. The molecule has 128 valence electrons. The van der Waals surface area contributed by atoms with Crippen molar-refractivity contribution in [3.63, 3.8) is 0 Å². The number of hydrogen-bond acceptors (Lipinski definition) is 7. The Morgan fingerprint density at radius 2 is 1.79 bits per heavy atom. The van der Waals surface area contributed by atoms with Crippen molar-refractivity contribution in [1.82, 2.24) is 4.90 Å². The third-order valence-corrected chi connectivity index (χ3v) is 6.63. The van der Waals surface area contributed by atoms with Crippen molar-refractivity contribution >= 4 is 27.7 Å². The van der Waals surface area contributed by atoms with E-state index >= 15 is 0 Å². The maximum Gasteiger partial charge on any atom is 1.00 e. The van der Waals surface area contributed by atoms with Crippen LogP contribution in [0.3, 0.4) is 0 Å². The molecule has 0 bridgehead atoms. The molecule has 2 heterocycles. The number of carbonyl (C=O) groups is 3. The van der Waals surface area contributed by atoms with Gasteiger partial charge in [-0.15, -0.1) is 0 Å². The molecule has 2 fully saturated rings. The number of aliphatic carboxylic acids is 1. The summed E-state index contributed by atoms with van der Waals surface area (Å²) in [6, 6.07) is -1.60. The first kappa shape index (κ1) is 21.1. The summed E-state index contributed by atoms with van der Waals surface area (Å²) in [5.41, 5.74) is -1.09. The third kappa shape index (κ3) is 3.02. The number of hydrogen-bond donors (Lipinski definition) is 0. The average Bonchev–Trinajstić information content (AvgIpc) is 2.46. The standard InChI is InChI=1S/C14H19NO7S.Na/c1-13(2,3)22-8(16)6-7-10(17)15-9(12(18)19)14(4,5)23(20,21)11(7)15;/h6,9,11H,1-5H3,(H,18,19);/q;+1/p-1/b7-6-;/t9-,11+;/m0./s1. The van der Waals surface area contributed by atoms with Crippen LogP contribution in [0.15, 0.2) is 11.6 Å². The molecule has 0 aliphatic carbocycles. The largest absolute Gasteiger partial charge is 1.00 e. The van der Waals surface area contributed by atoms with Gasteiger partial charge in [0.25, 0.3) is 5.91 Å². The fraction of sp³-hybridized carbons (Fsp3) is 0.643. The van der Waals surface area contributed by atoms with Crippen LogP contribution in [-0.2, 0) is 29.0 Å². The second-order valence-corrected chi connectivity index (χ2v) is 9.66. The van der Waals surface area contributed by atoms with Gasteiger partial charge in [0.2, 0.25) is 0 Å². The van der Waals surface area contributed by atoms with Crippen LogP contribution >= 0.6 is 0 Å². The third-order valence-electron chi connectivity index (χ3n) is 3.87. The molecule has 2 aliphatic rings. The van der Waals surface area contributed by atoms with E-state index in [0.717, 1.165) is 11.0 Å². The molecule has 2 rings (SSSR count). The SMILES string of the molecule is CC(C)(C)OC(=O)/C=C1/C(=O)N2[C@@H](C(=O)[O-])C(C)(C)S(=O)(=O)[C@H]12.[Na+]. The Morgan fingerprint density at radius 1 is 1.29 bits per heavy atom. The molecule has 1 amide bonds. The fourth-order valence-corrected chi connectivity index (χ4v) is 4.90. The van der Waals surface area contributed by atoms with E-state index in [4.69, 9.17) is 4.74 Å². The summed E-state index contributed by atoms with van der Waals surface area (Å²) in [7, 11) is -4.02. The number of carboxylic acids is 1. The predicted octanol–water partition coefficient (Wildman–Crippen LogP) is -4.25. The fourth-order valence-electron chi connectivity index (χ4n) is 2.78. The van der Waals surface area contributed by atoms with E-state index in [1.54, 1.807) is 20.8 Å². The molecule has 2 aliphatic heterocycles. The van der Waals surface area contributed by atoms with Crippen molar-refractivity contribution in [2.45, 2.75) is 56.4 Å². The molecule has 0 spiro atoms. The van der Waals surface area contributed by atoms with Crippen LogP contribution in [0.25, 0.3) is 0 Å². The summed E-state index contributed by atoms with van der Waals surface area (Å²) >= 11 is 0. The summed E-state index contributed by atoms with van der Waals surface area (Å²) in [5, 5.41) is 9.82. The van der Waals surface area contributed by atoms with Gasteiger partial charge in [-0.05, 0) is 34.6 Å². The summed E-state index contributed by atoms with van der Waals surface area (Å²) in [5.74, 6) is -3.32. The van der Waals surface area contributed by atoms with Gasteiger partial charge in [-0.3, -0.25) is 4.79 Å². The molecule has 0 saturated carbocycles. The van der Waals surface area contributed by atoms with Crippen molar-refractivity contribution in [3.05, 3.63) is 11.6 Å². The van der Waals surface area contributed by atoms with Crippen LogP contribution in [0.5, 0.6) is 0 Å². The first-order chi connectivity index (χ1) is 10.2. The number of ether oxygens (including phenoxy) is 1. The number of rotatable bonds is 2. The van der Waals surface area contributed by atoms with E-state index in [2.05, 4.69) is 0 Å². The van der Waals surface area contributed by atoms with Gasteiger partial charge in [0.1, 0.15) is 5.60 Å². The molecule has 2 saturated heterocycles. The van der Waals surface area contributed by atoms with Crippen molar-refractivity contribution in [2.75, 3.05) is 0 Å². The van der Waals surface area contributed by atoms with Crippen LogP contribution in [0.2, 0.25) is 0 Å². The monoisotopic (exact) mass is 367 g/mol. The quantitative estimate of drug-likeness (QED) is 0.210. The molecule has 0 aromatic heterocycles. The Bertz CT molecular complexity index is 733. The van der Waals surface area contributed by atoms with Crippen LogP contribution in [-0.4, -0.2) is 52.9 Å². The van der Waals surface area contributed by atoms with Crippen molar-refractivity contribution < 1.29 is 62.2 Å². The van der Waals surface area contributed by atoms with E-state index in [0.29, 0.717) is 0 Å². The number of fused-ring (bicyclic) bond motifs is 1. The maximum atomic E-state index is 12.5. The number of esters is 1. The van der Waals surface area contributed by atoms with E-state index in [1.807, 2.05) is 0 Å². The van der Waals surface area contributed by atoms with E-state index in [-0.39, 0.29) is 35.1 Å². The smallest absolute Gasteiger partial charge is 0.548 e. The van der Waals surface area contributed by atoms with Gasteiger partial charge < -0.3 is 19.5 Å². The van der Waals surface area contributed by atoms with Gasteiger partial charge in [-0.25, -0.2) is 13.2 Å². The molecular formula is C14H18NNaO7S. The molecule has 0 aromatic rings. The molecule has 8 nitrogen and oxygen atoms in total. The first-order valence-electron chi connectivity index (χ1n) is 6.93. The van der Waals surface area contributed by atoms with Crippen LogP contribution in [0.1, 0.15) is 34.6 Å². The summed E-state index contributed by atoms with van der Waals surface area (Å²) in [6.45, 7) is 7.32. The van der Waals surface area contributed by atoms with E-state index in [9.17, 15) is 27.9 Å². The summed E-state index contributed by atoms with van der Waals surface area (Å²) in [4.78, 5) is 35.9. The summed E-state index contributed by atoms with van der Waals surface area (Å²) in [6.07, 6.45) is 0.819. The number of sulfone groups is 1. The zero-order chi connectivity index (χ0) is 18.0. The van der Waals surface area contributed by atoms with Gasteiger partial charge in [0.05, 0.1) is 22.3 Å². The molecule has 0 unspecified atom stereocenters. The van der Waals surface area contributed by atoms with Crippen molar-refractivity contribution in [2.24, 2.45) is 0 Å². The number of carboxylic acid groups (broad SMARTS) is 1. The first-order valence-corrected chi connectivity index (χ1v) is 8.48. The Labute approximate surface area is 162 Å². The van der Waals surface area contributed by atoms with Crippen LogP contribution in [0, 0.1) is 0 Å². The van der Waals surface area contributed by atoms with Crippen LogP contribution in [0.4, 0.5) is 0 Å². The van der Waals surface area contributed by atoms with E-state index < -0.39 is 49.4 Å². The molecule has 0 radical (unpaired) electrons. The zero-order valence-electron chi connectivity index (χ0n) is 14.4. The van der Waals surface area contributed by atoms with E-state index in [1.165, 1.54) is 13.8 Å². The molecule has 2 atom stereocenters. The van der Waals surface area contributed by atoms with Crippen molar-refractivity contribution in [1.29, 1.82) is 0 Å². The van der Waals surface area contributed by atoms with Crippen molar-refractivity contribution in [3.8, 4) is 0 Å². The molecule has 0 aromatic carbocycles. The summed E-state index contributed by atoms with van der Waals surface area (Å²) < 4.78 is 28.4. The zero-order valence-corrected chi connectivity index (χ0v) is 17.3. The second-order valence-electron chi connectivity index (χ2n) is 7.07. The minimum atomic E-state index is -4.02. The number of amides is 1. The molecule has 0 N–H and O–H groups in total. The Kier molecular flexibility index (Phi) is 5.39. The van der Waals surface area contributed by atoms with Gasteiger partial charge in [0.15, 0.2) is 15.2 Å². The predicted molar refractivity (Wildman–Crippen MR) is 76.4 cm³/mol. The van der Waals surface area contributed by atoms with Gasteiger partial charge in [0, 0.05) is 6.08 Å². The van der Waals surface area contributed by atoms with Gasteiger partial charge in [-0.1, -0.05) is 0 Å². The molecular weight excluding hydrogens is 349 g/mol. The Morgan fingerprint density at radius 3 is 2.21 bits per heavy atom. The second kappa shape index (κ2) is 6.12. The molecule has 10 heteroatoms. The van der Waals surface area contributed by atoms with Crippen LogP contribution < -0.4 is 34.7 Å². The Hall–Kier alpha value is -0.900. The number of nitrogens with zero attached hydrogens (tertiary/aromatic N) is 1. The number of β-lactam (4-membered cyclic amide) rings is 1. The van der Waals surface area contributed by atoms with Gasteiger partial charge in [-0.2, -0.15) is 0 Å². The normalized spacial score (nSPS) is 28.6.